The van der Waals surface area contributed by atoms with E-state index in [0.29, 0.717) is 10.7 Å². The Kier molecular flexibility index (Phi) is 6.15. The van der Waals surface area contributed by atoms with Crippen molar-refractivity contribution in [2.45, 2.75) is 10.6 Å². The molecule has 1 saturated heterocycles. The number of hydrogen-bond acceptors (Lipinski definition) is 5. The van der Waals surface area contributed by atoms with Crippen LogP contribution < -0.4 is 14.9 Å². The van der Waals surface area contributed by atoms with Crippen LogP contribution in [0, 0.1) is 5.92 Å². The molecule has 1 atom stereocenters. The van der Waals surface area contributed by atoms with Crippen LogP contribution in [0.15, 0.2) is 46.0 Å². The summed E-state index contributed by atoms with van der Waals surface area (Å²) < 4.78 is 26.6. The predicted molar refractivity (Wildman–Crippen MR) is 104 cm³/mol. The third-order valence-corrected chi connectivity index (χ3v) is 7.19. The minimum atomic E-state index is -3.55. The summed E-state index contributed by atoms with van der Waals surface area (Å²) in [5, 5.41) is 4.88. The number of amides is 2. The number of thiophene rings is 1. The lowest BCUT2D eigenvalue weighted by Gasteiger charge is -2.17. The van der Waals surface area contributed by atoms with Gasteiger partial charge in [-0.15, -0.1) is 11.3 Å². The highest BCUT2D eigenvalue weighted by atomic mass is 35.5. The lowest BCUT2D eigenvalue weighted by atomic mass is 10.1. The average molecular weight is 428 g/mol. The van der Waals surface area contributed by atoms with E-state index in [4.69, 9.17) is 11.6 Å². The molecule has 1 fully saturated rings. The minimum Gasteiger partial charge on any atom is -0.354 e. The van der Waals surface area contributed by atoms with Gasteiger partial charge in [0.25, 0.3) is 0 Å². The molecule has 0 aliphatic carbocycles. The second kappa shape index (κ2) is 8.39. The molecule has 0 saturated carbocycles. The number of halogens is 1. The summed E-state index contributed by atoms with van der Waals surface area (Å²) in [6.45, 7) is 0.488. The van der Waals surface area contributed by atoms with Gasteiger partial charge in [-0.1, -0.05) is 23.7 Å². The smallest absolute Gasteiger partial charge is 0.250 e. The summed E-state index contributed by atoms with van der Waals surface area (Å²) in [7, 11) is -3.55. The van der Waals surface area contributed by atoms with Crippen LogP contribution in [-0.4, -0.2) is 39.9 Å². The van der Waals surface area contributed by atoms with Crippen LogP contribution in [0.3, 0.4) is 0 Å². The largest absolute Gasteiger partial charge is 0.354 e. The molecular weight excluding hydrogens is 410 g/mol. The van der Waals surface area contributed by atoms with Crippen LogP contribution in [0.2, 0.25) is 5.02 Å². The van der Waals surface area contributed by atoms with Gasteiger partial charge in [-0.25, -0.2) is 13.1 Å². The zero-order chi connectivity index (χ0) is 19.4. The van der Waals surface area contributed by atoms with Gasteiger partial charge < -0.3 is 10.2 Å². The SMILES string of the molecule is O=C(NCCNS(=O)(=O)c1cccs1)C1CC(=O)N(c2cccc(Cl)c2)C1. The highest BCUT2D eigenvalue weighted by Gasteiger charge is 2.35. The fraction of sp³-hybridized carbons (Fsp3) is 0.294. The van der Waals surface area contributed by atoms with Crippen molar-refractivity contribution >= 4 is 50.5 Å². The summed E-state index contributed by atoms with van der Waals surface area (Å²) >= 11 is 7.08. The second-order valence-corrected chi connectivity index (χ2v) is 9.38. The van der Waals surface area contributed by atoms with E-state index in [1.54, 1.807) is 35.7 Å². The monoisotopic (exact) mass is 427 g/mol. The Labute approximate surface area is 166 Å². The Balaban J connectivity index is 1.48. The lowest BCUT2D eigenvalue weighted by Crippen LogP contribution is -2.38. The van der Waals surface area contributed by atoms with Crippen molar-refractivity contribution in [2.75, 3.05) is 24.5 Å². The molecule has 1 aliphatic heterocycles. The van der Waals surface area contributed by atoms with Crippen molar-refractivity contribution < 1.29 is 18.0 Å². The van der Waals surface area contributed by atoms with Gasteiger partial charge in [-0.05, 0) is 29.6 Å². The van der Waals surface area contributed by atoms with Gasteiger partial charge in [0.05, 0.1) is 5.92 Å². The molecule has 2 heterocycles. The molecule has 3 rings (SSSR count). The second-order valence-electron chi connectivity index (χ2n) is 6.01. The van der Waals surface area contributed by atoms with Crippen LogP contribution in [0.25, 0.3) is 0 Å². The molecule has 1 aromatic heterocycles. The molecule has 7 nitrogen and oxygen atoms in total. The van der Waals surface area contributed by atoms with Gasteiger partial charge in [0, 0.05) is 36.8 Å². The summed E-state index contributed by atoms with van der Waals surface area (Å²) in [6.07, 6.45) is 0.110. The Bertz CT molecular complexity index is 931. The molecule has 2 amide bonds. The number of hydrogen-bond donors (Lipinski definition) is 2. The molecule has 144 valence electrons. The van der Waals surface area contributed by atoms with E-state index < -0.39 is 15.9 Å². The number of carbonyl (C=O) groups excluding carboxylic acids is 2. The number of nitrogens with zero attached hydrogens (tertiary/aromatic N) is 1. The Morgan fingerprint density at radius 3 is 2.78 bits per heavy atom. The van der Waals surface area contributed by atoms with Crippen LogP contribution in [0.4, 0.5) is 5.69 Å². The first kappa shape index (κ1) is 19.8. The molecule has 1 aliphatic rings. The van der Waals surface area contributed by atoms with Crippen molar-refractivity contribution in [3.63, 3.8) is 0 Å². The molecule has 0 spiro atoms. The molecule has 0 radical (unpaired) electrons. The molecule has 1 aromatic carbocycles. The van der Waals surface area contributed by atoms with E-state index in [1.165, 1.54) is 11.0 Å². The lowest BCUT2D eigenvalue weighted by molar-refractivity contribution is -0.126. The highest BCUT2D eigenvalue weighted by molar-refractivity contribution is 7.91. The van der Waals surface area contributed by atoms with Gasteiger partial charge in [0.15, 0.2) is 0 Å². The standard InChI is InChI=1S/C17H18ClN3O4S2/c18-13-3-1-4-14(10-13)21-11-12(9-15(21)22)17(23)19-6-7-20-27(24,25)16-5-2-8-26-16/h1-5,8,10,12,20H,6-7,9,11H2,(H,19,23). The first-order valence-corrected chi connectivity index (χ1v) is 11.0. The van der Waals surface area contributed by atoms with Crippen LogP contribution in [-0.2, 0) is 19.6 Å². The number of sulfonamides is 1. The van der Waals surface area contributed by atoms with Crippen LogP contribution >= 0.6 is 22.9 Å². The molecule has 2 N–H and O–H groups in total. The minimum absolute atomic E-state index is 0.0741. The van der Waals surface area contributed by atoms with Crippen molar-refractivity contribution in [3.05, 3.63) is 46.8 Å². The van der Waals surface area contributed by atoms with Gasteiger partial charge in [0.2, 0.25) is 21.8 Å². The van der Waals surface area contributed by atoms with Crippen molar-refractivity contribution in [3.8, 4) is 0 Å². The number of carbonyl (C=O) groups is 2. The van der Waals surface area contributed by atoms with Crippen molar-refractivity contribution in [1.82, 2.24) is 10.0 Å². The van der Waals surface area contributed by atoms with Crippen LogP contribution in [0.5, 0.6) is 0 Å². The van der Waals surface area contributed by atoms with Crippen molar-refractivity contribution in [2.24, 2.45) is 5.92 Å². The quantitative estimate of drug-likeness (QED) is 0.659. The normalized spacial score (nSPS) is 17.3. The Morgan fingerprint density at radius 1 is 1.26 bits per heavy atom. The van der Waals surface area contributed by atoms with E-state index in [0.717, 1.165) is 11.3 Å². The fourth-order valence-electron chi connectivity index (χ4n) is 2.78. The van der Waals surface area contributed by atoms with E-state index in [-0.39, 0.29) is 42.1 Å². The van der Waals surface area contributed by atoms with Gasteiger partial charge in [0.1, 0.15) is 4.21 Å². The van der Waals surface area contributed by atoms with Gasteiger partial charge in [-0.2, -0.15) is 0 Å². The van der Waals surface area contributed by atoms with Gasteiger partial charge in [-0.3, -0.25) is 9.59 Å². The molecule has 27 heavy (non-hydrogen) atoms. The molecule has 0 bridgehead atoms. The Morgan fingerprint density at radius 2 is 2.07 bits per heavy atom. The number of nitrogens with one attached hydrogen (secondary N) is 2. The maximum absolute atomic E-state index is 12.3. The van der Waals surface area contributed by atoms with E-state index >= 15 is 0 Å². The Hall–Kier alpha value is -1.94. The highest BCUT2D eigenvalue weighted by Crippen LogP contribution is 2.27. The van der Waals surface area contributed by atoms with E-state index in [9.17, 15) is 18.0 Å². The zero-order valence-corrected chi connectivity index (χ0v) is 16.6. The van der Waals surface area contributed by atoms with E-state index in [1.807, 2.05) is 0 Å². The topological polar surface area (TPSA) is 95.6 Å². The first-order chi connectivity index (χ1) is 12.9. The zero-order valence-electron chi connectivity index (χ0n) is 14.2. The maximum Gasteiger partial charge on any atom is 0.250 e. The predicted octanol–water partition coefficient (Wildman–Crippen LogP) is 1.85. The van der Waals surface area contributed by atoms with Crippen LogP contribution in [0.1, 0.15) is 6.42 Å². The average Bonchev–Trinajstić information content (AvgIpc) is 3.29. The summed E-state index contributed by atoms with van der Waals surface area (Å²) in [6, 6.07) is 10.1. The molecular formula is C17H18ClN3O4S2. The van der Waals surface area contributed by atoms with Gasteiger partial charge >= 0.3 is 0 Å². The number of rotatable bonds is 7. The molecule has 1 unspecified atom stereocenters. The number of anilines is 1. The third-order valence-electron chi connectivity index (χ3n) is 4.09. The summed E-state index contributed by atoms with van der Waals surface area (Å²) in [5.41, 5.74) is 0.659. The third kappa shape index (κ3) is 4.86. The summed E-state index contributed by atoms with van der Waals surface area (Å²) in [4.78, 5) is 26.0. The number of benzene rings is 1. The molecule has 10 heteroatoms. The fourth-order valence-corrected chi connectivity index (χ4v) is 5.03. The first-order valence-electron chi connectivity index (χ1n) is 8.23. The maximum atomic E-state index is 12.3. The summed E-state index contributed by atoms with van der Waals surface area (Å²) in [5.74, 6) is -0.899. The molecule has 2 aromatic rings. The van der Waals surface area contributed by atoms with E-state index in [2.05, 4.69) is 10.0 Å². The van der Waals surface area contributed by atoms with Crippen molar-refractivity contribution in [1.29, 1.82) is 0 Å².